The van der Waals surface area contributed by atoms with Crippen molar-refractivity contribution in [2.24, 2.45) is 0 Å². The van der Waals surface area contributed by atoms with Crippen LogP contribution in [0.4, 0.5) is 0 Å². The molecule has 3 nitrogen and oxygen atoms in total. The Morgan fingerprint density at radius 3 is 2.87 bits per heavy atom. The summed E-state index contributed by atoms with van der Waals surface area (Å²) in [6, 6.07) is 3.61. The van der Waals surface area contributed by atoms with Crippen LogP contribution in [0, 0.1) is 0 Å². The van der Waals surface area contributed by atoms with Gasteiger partial charge in [-0.3, -0.25) is 4.79 Å². The highest BCUT2D eigenvalue weighted by Gasteiger charge is 2.43. The van der Waals surface area contributed by atoms with E-state index in [1.165, 1.54) is 0 Å². The van der Waals surface area contributed by atoms with Crippen molar-refractivity contribution in [1.29, 1.82) is 0 Å². The van der Waals surface area contributed by atoms with E-state index in [4.69, 9.17) is 0 Å². The van der Waals surface area contributed by atoms with Crippen LogP contribution in [-0.2, 0) is 0 Å². The highest BCUT2D eigenvalue weighted by molar-refractivity contribution is 9.10. The second-order valence-corrected chi connectivity index (χ2v) is 5.12. The van der Waals surface area contributed by atoms with Crippen molar-refractivity contribution in [2.75, 3.05) is 5.33 Å². The molecule has 0 bridgehead atoms. The minimum Gasteiger partial charge on any atom is -0.344 e. The van der Waals surface area contributed by atoms with Gasteiger partial charge in [0.25, 0.3) is 5.91 Å². The first-order chi connectivity index (χ1) is 7.17. The molecule has 1 saturated carbocycles. The standard InChI is InChI=1S/C10H10Br2N2O/c11-6-10(3-4-10)14-9(15)8-7(12)2-1-5-13-8/h1-2,5H,3-4,6H2,(H,14,15). The van der Waals surface area contributed by atoms with Gasteiger partial charge in [0.05, 0.1) is 5.54 Å². The van der Waals surface area contributed by atoms with E-state index in [1.807, 2.05) is 6.07 Å². The molecule has 80 valence electrons. The predicted molar refractivity (Wildman–Crippen MR) is 65.2 cm³/mol. The van der Waals surface area contributed by atoms with E-state index < -0.39 is 0 Å². The van der Waals surface area contributed by atoms with Gasteiger partial charge in [0, 0.05) is 16.0 Å². The van der Waals surface area contributed by atoms with Gasteiger partial charge in [-0.2, -0.15) is 0 Å². The first kappa shape index (κ1) is 11.1. The van der Waals surface area contributed by atoms with E-state index in [-0.39, 0.29) is 11.4 Å². The van der Waals surface area contributed by atoms with E-state index in [1.54, 1.807) is 12.3 Å². The zero-order valence-corrected chi connectivity index (χ0v) is 11.1. The van der Waals surface area contributed by atoms with Gasteiger partial charge in [0.15, 0.2) is 0 Å². The molecule has 5 heteroatoms. The van der Waals surface area contributed by atoms with Crippen molar-refractivity contribution in [3.63, 3.8) is 0 Å². The molecule has 0 saturated heterocycles. The van der Waals surface area contributed by atoms with Crippen molar-refractivity contribution >= 4 is 37.8 Å². The average Bonchev–Trinajstić information content (AvgIpc) is 2.99. The molecule has 1 aromatic heterocycles. The van der Waals surface area contributed by atoms with Crippen LogP contribution in [-0.4, -0.2) is 21.8 Å². The van der Waals surface area contributed by atoms with E-state index in [2.05, 4.69) is 42.2 Å². The van der Waals surface area contributed by atoms with Crippen LogP contribution in [0.15, 0.2) is 22.8 Å². The molecular formula is C10H10Br2N2O. The maximum atomic E-state index is 11.9. The lowest BCUT2D eigenvalue weighted by Crippen LogP contribution is -2.38. The fraction of sp³-hybridized carbons (Fsp3) is 0.400. The van der Waals surface area contributed by atoms with Gasteiger partial charge in [0.2, 0.25) is 0 Å². The minimum absolute atomic E-state index is 0.0337. The molecular weight excluding hydrogens is 324 g/mol. The summed E-state index contributed by atoms with van der Waals surface area (Å²) in [5.74, 6) is -0.112. The fourth-order valence-electron chi connectivity index (χ4n) is 1.30. The second kappa shape index (κ2) is 4.22. The number of nitrogens with one attached hydrogen (secondary N) is 1. The Labute approximate surface area is 105 Å². The number of alkyl halides is 1. The lowest BCUT2D eigenvalue weighted by atomic mass is 10.3. The lowest BCUT2D eigenvalue weighted by molar-refractivity contribution is 0.0930. The molecule has 0 radical (unpaired) electrons. The number of carbonyl (C=O) groups is 1. The molecule has 1 heterocycles. The third kappa shape index (κ3) is 2.39. The zero-order valence-electron chi connectivity index (χ0n) is 7.96. The SMILES string of the molecule is O=C(NC1(CBr)CC1)c1ncccc1Br. The number of hydrogen-bond acceptors (Lipinski definition) is 2. The van der Waals surface area contributed by atoms with E-state index in [0.29, 0.717) is 5.69 Å². The van der Waals surface area contributed by atoms with E-state index >= 15 is 0 Å². The third-order valence-electron chi connectivity index (χ3n) is 2.46. The molecule has 15 heavy (non-hydrogen) atoms. The molecule has 0 aliphatic heterocycles. The Morgan fingerprint density at radius 1 is 1.60 bits per heavy atom. The van der Waals surface area contributed by atoms with Crippen LogP contribution in [0.25, 0.3) is 0 Å². The van der Waals surface area contributed by atoms with Gasteiger partial charge in [-0.25, -0.2) is 4.98 Å². The number of pyridine rings is 1. The number of hydrogen-bond donors (Lipinski definition) is 1. The summed E-state index contributed by atoms with van der Waals surface area (Å²) in [5.41, 5.74) is 0.415. The number of rotatable bonds is 3. The summed E-state index contributed by atoms with van der Waals surface area (Å²) in [4.78, 5) is 15.9. The molecule has 1 N–H and O–H groups in total. The van der Waals surface area contributed by atoms with Gasteiger partial charge in [0.1, 0.15) is 5.69 Å². The van der Waals surface area contributed by atoms with E-state index in [0.717, 1.165) is 22.6 Å². The van der Waals surface area contributed by atoms with Crippen LogP contribution in [0.3, 0.4) is 0 Å². The highest BCUT2D eigenvalue weighted by Crippen LogP contribution is 2.37. The van der Waals surface area contributed by atoms with Crippen molar-refractivity contribution in [2.45, 2.75) is 18.4 Å². The van der Waals surface area contributed by atoms with Crippen molar-refractivity contribution < 1.29 is 4.79 Å². The maximum Gasteiger partial charge on any atom is 0.271 e. The van der Waals surface area contributed by atoms with Crippen LogP contribution in [0.5, 0.6) is 0 Å². The van der Waals surface area contributed by atoms with Crippen LogP contribution in [0.1, 0.15) is 23.3 Å². The van der Waals surface area contributed by atoms with Crippen LogP contribution in [0.2, 0.25) is 0 Å². The van der Waals surface area contributed by atoms with Crippen LogP contribution < -0.4 is 5.32 Å². The molecule has 0 atom stereocenters. The Morgan fingerprint density at radius 2 is 2.33 bits per heavy atom. The summed E-state index contributed by atoms with van der Waals surface area (Å²) in [6.45, 7) is 0. The number of halogens is 2. The molecule has 1 aromatic rings. The topological polar surface area (TPSA) is 42.0 Å². The fourth-order valence-corrected chi connectivity index (χ4v) is 2.43. The second-order valence-electron chi connectivity index (χ2n) is 3.70. The molecule has 1 aliphatic carbocycles. The summed E-state index contributed by atoms with van der Waals surface area (Å²) in [6.07, 6.45) is 3.69. The Hall–Kier alpha value is -0.420. The first-order valence-corrected chi connectivity index (χ1v) is 6.57. The summed E-state index contributed by atoms with van der Waals surface area (Å²) >= 11 is 6.72. The first-order valence-electron chi connectivity index (χ1n) is 4.66. The average molecular weight is 334 g/mol. The quantitative estimate of drug-likeness (QED) is 0.863. The minimum atomic E-state index is -0.112. The zero-order chi connectivity index (χ0) is 10.9. The van der Waals surface area contributed by atoms with Crippen molar-refractivity contribution in [3.05, 3.63) is 28.5 Å². The van der Waals surface area contributed by atoms with Gasteiger partial charge >= 0.3 is 0 Å². The molecule has 1 fully saturated rings. The monoisotopic (exact) mass is 332 g/mol. The summed E-state index contributed by atoms with van der Waals surface area (Å²) in [7, 11) is 0. The summed E-state index contributed by atoms with van der Waals surface area (Å²) in [5, 5.41) is 3.80. The Balaban J connectivity index is 2.12. The number of carbonyl (C=O) groups excluding carboxylic acids is 1. The third-order valence-corrected chi connectivity index (χ3v) is 4.17. The molecule has 1 aliphatic rings. The Bertz CT molecular complexity index is 391. The number of nitrogens with zero attached hydrogens (tertiary/aromatic N) is 1. The number of aromatic nitrogens is 1. The highest BCUT2D eigenvalue weighted by atomic mass is 79.9. The molecule has 0 unspecified atom stereocenters. The van der Waals surface area contributed by atoms with Crippen molar-refractivity contribution in [3.8, 4) is 0 Å². The molecule has 1 amide bonds. The van der Waals surface area contributed by atoms with Gasteiger partial charge in [-0.15, -0.1) is 0 Å². The smallest absolute Gasteiger partial charge is 0.271 e. The van der Waals surface area contributed by atoms with Gasteiger partial charge in [-0.05, 0) is 40.9 Å². The number of amides is 1. The summed E-state index contributed by atoms with van der Waals surface area (Å²) < 4.78 is 0.730. The normalized spacial score (nSPS) is 17.2. The van der Waals surface area contributed by atoms with Crippen LogP contribution >= 0.6 is 31.9 Å². The van der Waals surface area contributed by atoms with Gasteiger partial charge in [-0.1, -0.05) is 15.9 Å². The molecule has 0 spiro atoms. The molecule has 0 aromatic carbocycles. The van der Waals surface area contributed by atoms with E-state index in [9.17, 15) is 4.79 Å². The predicted octanol–water partition coefficient (Wildman–Crippen LogP) is 2.50. The Kier molecular flexibility index (Phi) is 3.11. The molecule has 2 rings (SSSR count). The maximum absolute atomic E-state index is 11.9. The van der Waals surface area contributed by atoms with Gasteiger partial charge < -0.3 is 5.32 Å². The van der Waals surface area contributed by atoms with Crippen molar-refractivity contribution in [1.82, 2.24) is 10.3 Å². The largest absolute Gasteiger partial charge is 0.344 e. The lowest BCUT2D eigenvalue weighted by Gasteiger charge is -2.13.